The maximum atomic E-state index is 13.5. The van der Waals surface area contributed by atoms with E-state index in [-0.39, 0.29) is 36.8 Å². The van der Waals surface area contributed by atoms with Gasteiger partial charge in [-0.3, -0.25) is 4.79 Å². The van der Waals surface area contributed by atoms with Gasteiger partial charge in [0.2, 0.25) is 5.91 Å². The molecule has 2 aromatic carbocycles. The first kappa shape index (κ1) is 31.9. The van der Waals surface area contributed by atoms with E-state index in [0.717, 1.165) is 5.56 Å². The minimum Gasteiger partial charge on any atom is -0.545 e. The predicted octanol–water partition coefficient (Wildman–Crippen LogP) is 0.761. The number of hydrogen-bond donors (Lipinski definition) is 1. The fourth-order valence-electron chi connectivity index (χ4n) is 5.28. The summed E-state index contributed by atoms with van der Waals surface area (Å²) in [4.78, 5) is 43.4. The molecule has 5 rings (SSSR count). The second-order valence-corrected chi connectivity index (χ2v) is 11.6. The Morgan fingerprint density at radius 2 is 1.84 bits per heavy atom. The molecule has 43 heavy (non-hydrogen) atoms. The number of fused-ring (bicyclic) bond motifs is 1. The number of carbonyl (C=O) groups is 3. The number of nitrogens with one attached hydrogen (secondary N) is 1. The van der Waals surface area contributed by atoms with Crippen molar-refractivity contribution in [1.82, 2.24) is 10.3 Å². The standard InChI is InChI=1S/C33H34N2O7.Li/c1-6-20-18-33(20,31(39)42-32(2,3)4)35-29(36)24-14-22(15-25(24)30(37)38)41-28-17-26(19-10-8-7-9-11-19)34-27-16-21(40-5)12-13-23(27)28;/h6-13,15-17,20,22,24H,1,14,18H2,2-5H3,(H,35,36)(H,37,38);/q;+1/p-1/t20-,22?,24?,33?;/m1./s1. The van der Waals surface area contributed by atoms with Gasteiger partial charge >= 0.3 is 24.8 Å². The van der Waals surface area contributed by atoms with Crippen LogP contribution in [0, 0.1) is 11.8 Å². The van der Waals surface area contributed by atoms with Crippen LogP contribution in [-0.2, 0) is 19.1 Å². The molecule has 3 unspecified atom stereocenters. The van der Waals surface area contributed by atoms with Crippen molar-refractivity contribution in [3.63, 3.8) is 0 Å². The number of carboxylic acids is 1. The summed E-state index contributed by atoms with van der Waals surface area (Å²) in [7, 11) is 1.57. The van der Waals surface area contributed by atoms with Crippen molar-refractivity contribution in [3.8, 4) is 22.8 Å². The van der Waals surface area contributed by atoms with Gasteiger partial charge in [0.1, 0.15) is 28.7 Å². The molecule has 0 spiro atoms. The van der Waals surface area contributed by atoms with Crippen LogP contribution in [0.25, 0.3) is 22.2 Å². The second kappa shape index (κ2) is 12.3. The number of carboxylic acid groups (broad SMARTS) is 1. The molecule has 0 aliphatic heterocycles. The third-order valence-corrected chi connectivity index (χ3v) is 7.50. The van der Waals surface area contributed by atoms with Crippen LogP contribution in [0.5, 0.6) is 11.5 Å². The van der Waals surface area contributed by atoms with Crippen molar-refractivity contribution < 1.29 is 52.6 Å². The summed E-state index contributed by atoms with van der Waals surface area (Å²) in [5, 5.41) is 15.6. The van der Waals surface area contributed by atoms with Crippen LogP contribution in [0.3, 0.4) is 0 Å². The number of amides is 1. The number of pyridine rings is 1. The van der Waals surface area contributed by atoms with Gasteiger partial charge in [0, 0.05) is 35.4 Å². The molecule has 1 fully saturated rings. The Bertz CT molecular complexity index is 1600. The smallest absolute Gasteiger partial charge is 0.545 e. The third-order valence-electron chi connectivity index (χ3n) is 7.50. The third kappa shape index (κ3) is 6.63. The van der Waals surface area contributed by atoms with E-state index in [4.69, 9.17) is 19.2 Å². The first-order valence-electron chi connectivity index (χ1n) is 13.8. The summed E-state index contributed by atoms with van der Waals surface area (Å²) >= 11 is 0. The van der Waals surface area contributed by atoms with Crippen molar-refractivity contribution in [2.24, 2.45) is 11.8 Å². The minimum atomic E-state index is -1.47. The number of aromatic nitrogens is 1. The summed E-state index contributed by atoms with van der Waals surface area (Å²) in [5.41, 5.74) is -0.0859. The molecule has 2 aliphatic carbocycles. The van der Waals surface area contributed by atoms with E-state index >= 15 is 0 Å². The second-order valence-electron chi connectivity index (χ2n) is 11.6. The van der Waals surface area contributed by atoms with Gasteiger partial charge in [-0.25, -0.2) is 9.78 Å². The number of aliphatic carboxylic acids is 1. The predicted molar refractivity (Wildman–Crippen MR) is 154 cm³/mol. The van der Waals surface area contributed by atoms with Crippen LogP contribution in [0.15, 0.2) is 78.9 Å². The van der Waals surface area contributed by atoms with Gasteiger partial charge < -0.3 is 29.4 Å². The molecule has 0 radical (unpaired) electrons. The zero-order valence-electron chi connectivity index (χ0n) is 25.0. The molecule has 1 N–H and O–H groups in total. The van der Waals surface area contributed by atoms with Crippen LogP contribution in [-0.4, -0.2) is 47.2 Å². The van der Waals surface area contributed by atoms with E-state index < -0.39 is 41.0 Å². The number of methoxy groups -OCH3 is 1. The maximum absolute atomic E-state index is 13.5. The van der Waals surface area contributed by atoms with Gasteiger partial charge in [-0.15, -0.1) is 6.58 Å². The Kier molecular flexibility index (Phi) is 9.10. The van der Waals surface area contributed by atoms with E-state index in [1.165, 1.54) is 6.08 Å². The molecule has 0 saturated heterocycles. The van der Waals surface area contributed by atoms with E-state index in [1.807, 2.05) is 36.4 Å². The largest absolute Gasteiger partial charge is 1.00 e. The minimum absolute atomic E-state index is 0. The van der Waals surface area contributed by atoms with Crippen LogP contribution < -0.4 is 38.8 Å². The average molecular weight is 577 g/mol. The summed E-state index contributed by atoms with van der Waals surface area (Å²) in [6, 6.07) is 16.8. The van der Waals surface area contributed by atoms with Gasteiger partial charge in [-0.05, 0) is 51.0 Å². The van der Waals surface area contributed by atoms with Crippen molar-refractivity contribution in [3.05, 3.63) is 78.9 Å². The summed E-state index contributed by atoms with van der Waals surface area (Å²) in [6.07, 6.45) is 2.60. The summed E-state index contributed by atoms with van der Waals surface area (Å²) in [6.45, 7) is 8.98. The number of hydrogen-bond acceptors (Lipinski definition) is 8. The number of esters is 1. The van der Waals surface area contributed by atoms with E-state index in [0.29, 0.717) is 34.5 Å². The van der Waals surface area contributed by atoms with Gasteiger partial charge in [0.05, 0.1) is 30.2 Å². The maximum Gasteiger partial charge on any atom is 1.00 e. The summed E-state index contributed by atoms with van der Waals surface area (Å²) in [5.74, 6) is -2.98. The van der Waals surface area contributed by atoms with E-state index in [2.05, 4.69) is 11.9 Å². The molecular weight excluding hydrogens is 543 g/mol. The van der Waals surface area contributed by atoms with Gasteiger partial charge in [0.25, 0.3) is 0 Å². The Morgan fingerprint density at radius 3 is 2.44 bits per heavy atom. The molecule has 9 nitrogen and oxygen atoms in total. The zero-order valence-corrected chi connectivity index (χ0v) is 25.0. The first-order valence-corrected chi connectivity index (χ1v) is 13.8. The molecule has 1 aromatic heterocycles. The molecule has 3 aromatic rings. The molecule has 0 bridgehead atoms. The molecule has 4 atom stereocenters. The molecule has 10 heteroatoms. The van der Waals surface area contributed by atoms with Crippen molar-refractivity contribution in [2.45, 2.75) is 50.9 Å². The number of nitrogens with zero attached hydrogens (tertiary/aromatic N) is 1. The van der Waals surface area contributed by atoms with Crippen molar-refractivity contribution in [2.75, 3.05) is 7.11 Å². The molecule has 1 heterocycles. The fraction of sp³-hybridized carbons (Fsp3) is 0.333. The van der Waals surface area contributed by atoms with Gasteiger partial charge in [-0.2, -0.15) is 0 Å². The van der Waals surface area contributed by atoms with Crippen molar-refractivity contribution in [1.29, 1.82) is 0 Å². The molecule has 1 amide bonds. The molecular formula is C33H33LiN2O7. The number of rotatable bonds is 9. The quantitative estimate of drug-likeness (QED) is 0.225. The number of benzene rings is 2. The molecule has 2 aliphatic rings. The topological polar surface area (TPSA) is 127 Å². The van der Waals surface area contributed by atoms with Gasteiger partial charge in [0.15, 0.2) is 0 Å². The Balaban J connectivity index is 0.00000423. The Hall–Kier alpha value is -4.06. The van der Waals surface area contributed by atoms with Crippen LogP contribution in [0.1, 0.15) is 33.6 Å². The number of carbonyl (C=O) groups excluding carboxylic acids is 3. The first-order chi connectivity index (χ1) is 19.9. The molecule has 218 valence electrons. The Labute approximate surface area is 262 Å². The monoisotopic (exact) mass is 576 g/mol. The SMILES string of the molecule is C=C[C@@H]1CC1(NC(=O)C1CC(Oc2cc(-c3ccccc3)nc3cc(OC)ccc23)C=C1C(=O)[O-])C(=O)OC(C)(C)C.[Li+]. The van der Waals surface area contributed by atoms with Crippen LogP contribution in [0.2, 0.25) is 0 Å². The fourth-order valence-corrected chi connectivity index (χ4v) is 5.28. The summed E-state index contributed by atoms with van der Waals surface area (Å²) < 4.78 is 17.3. The number of ether oxygens (including phenoxy) is 3. The van der Waals surface area contributed by atoms with Crippen molar-refractivity contribution >= 4 is 28.7 Å². The van der Waals surface area contributed by atoms with Crippen LogP contribution >= 0.6 is 0 Å². The molecule has 1 saturated carbocycles. The zero-order chi connectivity index (χ0) is 30.2. The Morgan fingerprint density at radius 1 is 1.12 bits per heavy atom. The van der Waals surface area contributed by atoms with Gasteiger partial charge in [-0.1, -0.05) is 36.4 Å². The van der Waals surface area contributed by atoms with E-state index in [9.17, 15) is 19.5 Å². The van der Waals surface area contributed by atoms with E-state index in [1.54, 1.807) is 52.2 Å². The normalized spacial score (nSPS) is 22.5. The van der Waals surface area contributed by atoms with Crippen LogP contribution in [0.4, 0.5) is 0 Å². The average Bonchev–Trinajstić information content (AvgIpc) is 3.50.